The number of aromatic hydroxyl groups is 1. The van der Waals surface area contributed by atoms with E-state index in [1.54, 1.807) is 0 Å². The van der Waals surface area contributed by atoms with Gasteiger partial charge in [0.1, 0.15) is 11.6 Å². The smallest absolute Gasteiger partial charge is 0.131 e. The van der Waals surface area contributed by atoms with Crippen molar-refractivity contribution in [3.05, 3.63) is 28.5 Å². The van der Waals surface area contributed by atoms with E-state index in [0.717, 1.165) is 6.07 Å². The summed E-state index contributed by atoms with van der Waals surface area (Å²) in [6, 6.07) is 2.33. The molecule has 2 nitrogen and oxygen atoms in total. The summed E-state index contributed by atoms with van der Waals surface area (Å²) in [5.74, 6) is -0.677. The number of rotatable bonds is 2. The molecule has 0 unspecified atom stereocenters. The molecule has 0 radical (unpaired) electrons. The van der Waals surface area contributed by atoms with E-state index in [1.807, 2.05) is 0 Å². The lowest BCUT2D eigenvalue weighted by Gasteiger charge is -2.04. The van der Waals surface area contributed by atoms with Crippen molar-refractivity contribution in [2.24, 2.45) is 5.73 Å². The van der Waals surface area contributed by atoms with Crippen LogP contribution in [0.2, 0.25) is 5.02 Å². The highest BCUT2D eigenvalue weighted by Crippen LogP contribution is 2.24. The molecule has 0 saturated heterocycles. The van der Waals surface area contributed by atoms with Gasteiger partial charge in [-0.05, 0) is 19.0 Å². The molecule has 0 aliphatic heterocycles. The first-order chi connectivity index (χ1) is 5.65. The molecule has 0 aliphatic carbocycles. The molecule has 4 heteroatoms. The number of hydrogen-bond acceptors (Lipinski definition) is 2. The molecule has 0 saturated carbocycles. The maximum Gasteiger partial charge on any atom is 0.131 e. The van der Waals surface area contributed by atoms with Crippen molar-refractivity contribution in [1.29, 1.82) is 0 Å². The Labute approximate surface area is 74.8 Å². The predicted molar refractivity (Wildman–Crippen MR) is 45.8 cm³/mol. The van der Waals surface area contributed by atoms with Crippen LogP contribution < -0.4 is 5.73 Å². The normalized spacial score (nSPS) is 10.2. The van der Waals surface area contributed by atoms with Gasteiger partial charge in [0.15, 0.2) is 0 Å². The fraction of sp³-hybridized carbons (Fsp3) is 0.250. The second-order valence-electron chi connectivity index (χ2n) is 2.43. The van der Waals surface area contributed by atoms with E-state index in [1.165, 1.54) is 6.07 Å². The molecular formula is C8H9ClFNO. The summed E-state index contributed by atoms with van der Waals surface area (Å²) in [5, 5.41) is 9.15. The number of halogens is 2. The molecule has 0 amide bonds. The van der Waals surface area contributed by atoms with E-state index < -0.39 is 5.82 Å². The molecule has 1 aromatic rings. The first-order valence-corrected chi connectivity index (χ1v) is 3.90. The lowest BCUT2D eigenvalue weighted by molar-refractivity contribution is 0.468. The predicted octanol–water partition coefficient (Wildman–Crippen LogP) is 1.69. The topological polar surface area (TPSA) is 46.2 Å². The van der Waals surface area contributed by atoms with Crippen molar-refractivity contribution in [3.63, 3.8) is 0 Å². The SMILES string of the molecule is NCCc1c(F)cc(O)cc1Cl. The van der Waals surface area contributed by atoms with Crippen LogP contribution in [-0.2, 0) is 6.42 Å². The number of benzene rings is 1. The Balaban J connectivity index is 3.10. The van der Waals surface area contributed by atoms with E-state index in [9.17, 15) is 4.39 Å². The zero-order valence-corrected chi connectivity index (χ0v) is 7.11. The zero-order chi connectivity index (χ0) is 9.14. The van der Waals surface area contributed by atoms with Gasteiger partial charge >= 0.3 is 0 Å². The monoisotopic (exact) mass is 189 g/mol. The van der Waals surface area contributed by atoms with Crippen molar-refractivity contribution in [3.8, 4) is 5.75 Å². The molecule has 0 aliphatic rings. The fourth-order valence-electron chi connectivity index (χ4n) is 0.973. The number of hydrogen-bond donors (Lipinski definition) is 2. The van der Waals surface area contributed by atoms with Crippen LogP contribution in [0.25, 0.3) is 0 Å². The first-order valence-electron chi connectivity index (χ1n) is 3.52. The molecule has 1 aromatic carbocycles. The lowest BCUT2D eigenvalue weighted by Crippen LogP contribution is -2.05. The summed E-state index contributed by atoms with van der Waals surface area (Å²) in [4.78, 5) is 0. The van der Waals surface area contributed by atoms with Crippen molar-refractivity contribution in [2.75, 3.05) is 6.54 Å². The van der Waals surface area contributed by atoms with Crippen molar-refractivity contribution < 1.29 is 9.50 Å². The molecule has 0 bridgehead atoms. The second-order valence-corrected chi connectivity index (χ2v) is 2.83. The molecule has 66 valence electrons. The lowest BCUT2D eigenvalue weighted by atomic mass is 10.1. The molecule has 1 rings (SSSR count). The van der Waals surface area contributed by atoms with Gasteiger partial charge < -0.3 is 10.8 Å². The minimum Gasteiger partial charge on any atom is -0.508 e. The molecule has 0 spiro atoms. The van der Waals surface area contributed by atoms with Gasteiger partial charge in [-0.1, -0.05) is 11.6 Å². The Morgan fingerprint density at radius 3 is 2.67 bits per heavy atom. The van der Waals surface area contributed by atoms with Gasteiger partial charge in [-0.3, -0.25) is 0 Å². The third kappa shape index (κ3) is 1.87. The standard InChI is InChI=1S/C8H9ClFNO/c9-7-3-5(12)4-8(10)6(7)1-2-11/h3-4,12H,1-2,11H2. The molecule has 3 N–H and O–H groups in total. The summed E-state index contributed by atoms with van der Waals surface area (Å²) < 4.78 is 13.0. The van der Waals surface area contributed by atoms with Gasteiger partial charge in [0.05, 0.1) is 5.02 Å². The van der Waals surface area contributed by atoms with Gasteiger partial charge in [-0.25, -0.2) is 4.39 Å². The van der Waals surface area contributed by atoms with E-state index in [2.05, 4.69) is 0 Å². The number of phenols is 1. The Morgan fingerprint density at radius 2 is 2.17 bits per heavy atom. The third-order valence-corrected chi connectivity index (χ3v) is 1.86. The molecular weight excluding hydrogens is 181 g/mol. The molecule has 0 atom stereocenters. The van der Waals surface area contributed by atoms with Crippen LogP contribution in [0.4, 0.5) is 4.39 Å². The summed E-state index contributed by atoms with van der Waals surface area (Å²) in [6.07, 6.45) is 0.380. The van der Waals surface area contributed by atoms with Gasteiger partial charge in [-0.2, -0.15) is 0 Å². The highest BCUT2D eigenvalue weighted by molar-refractivity contribution is 6.31. The average molecular weight is 190 g/mol. The van der Waals surface area contributed by atoms with Gasteiger partial charge in [0.2, 0.25) is 0 Å². The van der Waals surface area contributed by atoms with Crippen LogP contribution in [0.5, 0.6) is 5.75 Å². The summed E-state index contributed by atoms with van der Waals surface area (Å²) in [7, 11) is 0. The summed E-state index contributed by atoms with van der Waals surface area (Å²) in [5.41, 5.74) is 5.61. The van der Waals surface area contributed by atoms with E-state index in [-0.39, 0.29) is 10.8 Å². The number of nitrogens with two attached hydrogens (primary N) is 1. The Bertz CT molecular complexity index is 267. The molecule has 0 fully saturated rings. The molecule has 12 heavy (non-hydrogen) atoms. The molecule has 0 aromatic heterocycles. The molecule has 0 heterocycles. The Morgan fingerprint density at radius 1 is 1.50 bits per heavy atom. The average Bonchev–Trinajstić information content (AvgIpc) is 1.96. The summed E-state index contributed by atoms with van der Waals surface area (Å²) >= 11 is 5.66. The minimum atomic E-state index is -0.509. The van der Waals surface area contributed by atoms with Crippen molar-refractivity contribution in [2.45, 2.75) is 6.42 Å². The van der Waals surface area contributed by atoms with Crippen LogP contribution in [0.3, 0.4) is 0 Å². The van der Waals surface area contributed by atoms with Crippen LogP contribution >= 0.6 is 11.6 Å². The first kappa shape index (κ1) is 9.29. The van der Waals surface area contributed by atoms with Crippen LogP contribution in [-0.4, -0.2) is 11.7 Å². The summed E-state index contributed by atoms with van der Waals surface area (Å²) in [6.45, 7) is 0.335. The zero-order valence-electron chi connectivity index (χ0n) is 6.35. The highest BCUT2D eigenvalue weighted by atomic mass is 35.5. The van der Waals surface area contributed by atoms with Gasteiger partial charge in [0.25, 0.3) is 0 Å². The highest BCUT2D eigenvalue weighted by Gasteiger charge is 2.07. The van der Waals surface area contributed by atoms with E-state index >= 15 is 0 Å². The van der Waals surface area contributed by atoms with Gasteiger partial charge in [-0.15, -0.1) is 0 Å². The van der Waals surface area contributed by atoms with E-state index in [4.69, 9.17) is 22.4 Å². The van der Waals surface area contributed by atoms with Crippen molar-refractivity contribution >= 4 is 11.6 Å². The minimum absolute atomic E-state index is 0.168. The van der Waals surface area contributed by atoms with Crippen LogP contribution in [0, 0.1) is 5.82 Å². The van der Waals surface area contributed by atoms with Crippen molar-refractivity contribution in [1.82, 2.24) is 0 Å². The largest absolute Gasteiger partial charge is 0.508 e. The second kappa shape index (κ2) is 3.74. The Kier molecular flexibility index (Phi) is 2.89. The third-order valence-electron chi connectivity index (χ3n) is 1.52. The van der Waals surface area contributed by atoms with E-state index in [0.29, 0.717) is 18.5 Å². The van der Waals surface area contributed by atoms with Gasteiger partial charge in [0, 0.05) is 11.6 Å². The fourth-order valence-corrected chi connectivity index (χ4v) is 1.27. The van der Waals surface area contributed by atoms with Crippen LogP contribution in [0.15, 0.2) is 12.1 Å². The maximum absolute atomic E-state index is 13.0. The quantitative estimate of drug-likeness (QED) is 0.744. The maximum atomic E-state index is 13.0. The number of phenolic OH excluding ortho intramolecular Hbond substituents is 1. The Hall–Kier alpha value is -0.800. The van der Waals surface area contributed by atoms with Crippen LogP contribution in [0.1, 0.15) is 5.56 Å².